The first-order valence-corrected chi connectivity index (χ1v) is 7.30. The molecule has 3 heteroatoms. The number of fused-ring (bicyclic) bond motifs is 3. The number of benzene rings is 2. The highest BCUT2D eigenvalue weighted by atomic mass is 32.1. The number of rotatable bonds is 2. The van der Waals surface area contributed by atoms with Crippen LogP contribution in [-0.2, 0) is 12.8 Å². The molecule has 1 heterocycles. The summed E-state index contributed by atoms with van der Waals surface area (Å²) in [5.74, 6) is -0.391. The van der Waals surface area contributed by atoms with Gasteiger partial charge in [-0.05, 0) is 24.0 Å². The molecule has 0 bridgehead atoms. The molecule has 0 nitrogen and oxygen atoms in total. The third-order valence-corrected chi connectivity index (χ3v) is 4.82. The molecule has 0 N–H and O–H groups in total. The van der Waals surface area contributed by atoms with Crippen LogP contribution in [0.3, 0.4) is 0 Å². The maximum Gasteiger partial charge on any atom is 0.144 e. The molecule has 0 spiro atoms. The molecule has 0 fully saturated rings. The summed E-state index contributed by atoms with van der Waals surface area (Å²) in [5, 5.41) is 1.63. The topological polar surface area (TPSA) is 0 Å². The first-order valence-electron chi connectivity index (χ1n) is 6.48. The van der Waals surface area contributed by atoms with Gasteiger partial charge in [-0.3, -0.25) is 0 Å². The fourth-order valence-corrected chi connectivity index (χ4v) is 3.69. The molecule has 0 aliphatic rings. The van der Waals surface area contributed by atoms with Gasteiger partial charge < -0.3 is 0 Å². The lowest BCUT2D eigenvalue weighted by Crippen LogP contribution is -1.87. The quantitative estimate of drug-likeness (QED) is 0.583. The molecule has 1 aromatic heterocycles. The van der Waals surface area contributed by atoms with Crippen LogP contribution in [0.2, 0.25) is 0 Å². The second-order valence-electron chi connectivity index (χ2n) is 4.64. The molecule has 0 atom stereocenters. The summed E-state index contributed by atoms with van der Waals surface area (Å²) in [5.41, 5.74) is 1.38. The predicted octanol–water partition coefficient (Wildman–Crippen LogP) is 5.46. The Morgan fingerprint density at radius 1 is 0.789 bits per heavy atom. The molecule has 0 unspecified atom stereocenters. The van der Waals surface area contributed by atoms with Crippen molar-refractivity contribution in [2.45, 2.75) is 26.7 Å². The normalized spacial score (nSPS) is 11.6. The van der Waals surface area contributed by atoms with Crippen LogP contribution < -0.4 is 0 Å². The van der Waals surface area contributed by atoms with E-state index in [0.29, 0.717) is 33.4 Å². The van der Waals surface area contributed by atoms with Crippen molar-refractivity contribution in [3.8, 4) is 0 Å². The highest BCUT2D eigenvalue weighted by molar-refractivity contribution is 7.25. The third kappa shape index (κ3) is 1.76. The lowest BCUT2D eigenvalue weighted by molar-refractivity contribution is 0.626. The smallest absolute Gasteiger partial charge is 0.144 e. The Morgan fingerprint density at radius 3 is 1.58 bits per heavy atom. The van der Waals surface area contributed by atoms with Crippen molar-refractivity contribution >= 4 is 31.5 Å². The van der Waals surface area contributed by atoms with E-state index in [9.17, 15) is 8.78 Å². The van der Waals surface area contributed by atoms with E-state index in [0.717, 1.165) is 10.8 Å². The molecule has 0 aliphatic heterocycles. The Hall–Kier alpha value is -1.48. The van der Waals surface area contributed by atoms with Gasteiger partial charge in [-0.2, -0.15) is 0 Å². The number of hydrogen-bond acceptors (Lipinski definition) is 1. The van der Waals surface area contributed by atoms with E-state index in [1.807, 2.05) is 26.0 Å². The van der Waals surface area contributed by atoms with Crippen LogP contribution in [0.4, 0.5) is 8.78 Å². The van der Waals surface area contributed by atoms with Gasteiger partial charge in [0.05, 0.1) is 9.40 Å². The molecule has 2 aromatic carbocycles. The average molecular weight is 276 g/mol. The molecule has 0 aliphatic carbocycles. The summed E-state index contributed by atoms with van der Waals surface area (Å²) in [4.78, 5) is 0. The lowest BCUT2D eigenvalue weighted by Gasteiger charge is -2.01. The van der Waals surface area contributed by atoms with Crippen LogP contribution in [0, 0.1) is 11.6 Å². The second kappa shape index (κ2) is 4.57. The molecule has 0 amide bonds. The minimum Gasteiger partial charge on any atom is -0.205 e. The fraction of sp³-hybridized carbons (Fsp3) is 0.250. The van der Waals surface area contributed by atoms with E-state index in [1.54, 1.807) is 12.1 Å². The summed E-state index contributed by atoms with van der Waals surface area (Å²) in [7, 11) is 0. The monoisotopic (exact) mass is 276 g/mol. The van der Waals surface area contributed by atoms with E-state index < -0.39 is 0 Å². The predicted molar refractivity (Wildman–Crippen MR) is 78.0 cm³/mol. The van der Waals surface area contributed by atoms with Gasteiger partial charge in [-0.25, -0.2) is 8.78 Å². The van der Waals surface area contributed by atoms with Gasteiger partial charge in [0.15, 0.2) is 0 Å². The Balaban J connectivity index is 2.44. The van der Waals surface area contributed by atoms with Crippen molar-refractivity contribution in [2.75, 3.05) is 0 Å². The van der Waals surface area contributed by atoms with E-state index >= 15 is 0 Å². The van der Waals surface area contributed by atoms with Gasteiger partial charge in [-0.1, -0.05) is 38.1 Å². The molecule has 98 valence electrons. The number of hydrogen-bond donors (Lipinski definition) is 0. The van der Waals surface area contributed by atoms with Gasteiger partial charge >= 0.3 is 0 Å². The van der Waals surface area contributed by atoms with Gasteiger partial charge in [0.25, 0.3) is 0 Å². The summed E-state index contributed by atoms with van der Waals surface area (Å²) < 4.78 is 29.8. The largest absolute Gasteiger partial charge is 0.205 e. The number of halogens is 2. The molecule has 19 heavy (non-hydrogen) atoms. The van der Waals surface area contributed by atoms with Crippen molar-refractivity contribution < 1.29 is 8.78 Å². The summed E-state index contributed by atoms with van der Waals surface area (Å²) in [6.07, 6.45) is 1.30. The van der Waals surface area contributed by atoms with Crippen LogP contribution in [-0.4, -0.2) is 0 Å². The lowest BCUT2D eigenvalue weighted by atomic mass is 10.1. The molecular weight excluding hydrogens is 262 g/mol. The van der Waals surface area contributed by atoms with Gasteiger partial charge in [-0.15, -0.1) is 11.3 Å². The minimum absolute atomic E-state index is 0.196. The van der Waals surface area contributed by atoms with Crippen molar-refractivity contribution in [1.82, 2.24) is 0 Å². The van der Waals surface area contributed by atoms with Gasteiger partial charge in [0.2, 0.25) is 0 Å². The van der Waals surface area contributed by atoms with Crippen LogP contribution in [0.25, 0.3) is 20.2 Å². The molecule has 0 saturated carbocycles. The minimum atomic E-state index is -0.196. The van der Waals surface area contributed by atoms with E-state index in [1.165, 1.54) is 11.3 Å². The highest BCUT2D eigenvalue weighted by Gasteiger charge is 2.15. The third-order valence-electron chi connectivity index (χ3n) is 3.61. The first kappa shape index (κ1) is 12.5. The van der Waals surface area contributed by atoms with Crippen LogP contribution in [0.15, 0.2) is 24.3 Å². The zero-order valence-electron chi connectivity index (χ0n) is 10.9. The Labute approximate surface area is 114 Å². The first-order chi connectivity index (χ1) is 9.17. The van der Waals surface area contributed by atoms with Crippen molar-refractivity contribution in [3.63, 3.8) is 0 Å². The SMILES string of the molecule is CCc1ccc2c(sc3c(F)c(CC)ccc32)c1F. The summed E-state index contributed by atoms with van der Waals surface area (Å²) in [6, 6.07) is 7.41. The van der Waals surface area contributed by atoms with Crippen LogP contribution >= 0.6 is 11.3 Å². The molecular formula is C16H14F2S. The maximum atomic E-state index is 14.3. The average Bonchev–Trinajstić information content (AvgIpc) is 2.80. The summed E-state index contributed by atoms with van der Waals surface area (Å²) >= 11 is 1.22. The Bertz CT molecular complexity index is 707. The zero-order valence-corrected chi connectivity index (χ0v) is 11.7. The van der Waals surface area contributed by atoms with Crippen molar-refractivity contribution in [3.05, 3.63) is 47.0 Å². The van der Waals surface area contributed by atoms with E-state index in [-0.39, 0.29) is 11.6 Å². The fourth-order valence-electron chi connectivity index (χ4n) is 2.47. The Morgan fingerprint density at radius 2 is 1.21 bits per heavy atom. The number of thiophene rings is 1. The number of aryl methyl sites for hydroxylation is 2. The van der Waals surface area contributed by atoms with E-state index in [4.69, 9.17) is 0 Å². The summed E-state index contributed by atoms with van der Waals surface area (Å²) in [6.45, 7) is 3.85. The molecule has 0 radical (unpaired) electrons. The van der Waals surface area contributed by atoms with Crippen LogP contribution in [0.1, 0.15) is 25.0 Å². The van der Waals surface area contributed by atoms with Gasteiger partial charge in [0.1, 0.15) is 11.6 Å². The Kier molecular flexibility index (Phi) is 3.02. The van der Waals surface area contributed by atoms with Crippen LogP contribution in [0.5, 0.6) is 0 Å². The maximum absolute atomic E-state index is 14.3. The molecule has 3 aromatic rings. The molecule has 0 saturated heterocycles. The van der Waals surface area contributed by atoms with Gasteiger partial charge in [0, 0.05) is 10.8 Å². The standard InChI is InChI=1S/C16H14F2S/c1-3-9-5-7-11-12-8-6-10(4-2)14(18)16(12)19-15(11)13(9)17/h5-8H,3-4H2,1-2H3. The van der Waals surface area contributed by atoms with E-state index in [2.05, 4.69) is 0 Å². The highest BCUT2D eigenvalue weighted by Crippen LogP contribution is 2.38. The zero-order chi connectivity index (χ0) is 13.6. The van der Waals surface area contributed by atoms with Crippen molar-refractivity contribution in [2.24, 2.45) is 0 Å². The van der Waals surface area contributed by atoms with Crippen molar-refractivity contribution in [1.29, 1.82) is 0 Å². The second-order valence-corrected chi connectivity index (χ2v) is 5.66. The molecule has 3 rings (SSSR count).